The summed E-state index contributed by atoms with van der Waals surface area (Å²) in [7, 11) is 0. The number of para-hydroxylation sites is 1. The summed E-state index contributed by atoms with van der Waals surface area (Å²) < 4.78 is 29.3. The Morgan fingerprint density at radius 1 is 0.900 bits per heavy atom. The minimum Gasteiger partial charge on any atom is -0.335 e. The van der Waals surface area contributed by atoms with Gasteiger partial charge in [0.05, 0.1) is 5.52 Å². The molecule has 2 bridgehead atoms. The van der Waals surface area contributed by atoms with E-state index in [2.05, 4.69) is 27.3 Å². The van der Waals surface area contributed by atoms with E-state index >= 15 is 0 Å². The molecule has 2 amide bonds. The Kier molecular flexibility index (Phi) is 6.34. The topological polar surface area (TPSA) is 73.4 Å². The number of urea groups is 1. The fraction of sp³-hybridized carbons (Fsp3) is 0.419. The van der Waals surface area contributed by atoms with Gasteiger partial charge in [-0.05, 0) is 85.2 Å². The Balaban J connectivity index is 0.953. The van der Waals surface area contributed by atoms with Gasteiger partial charge in [0.2, 0.25) is 0 Å². The van der Waals surface area contributed by atoms with Crippen molar-refractivity contribution >= 4 is 27.8 Å². The van der Waals surface area contributed by atoms with Crippen molar-refractivity contribution in [1.29, 1.82) is 0 Å². The van der Waals surface area contributed by atoms with Crippen molar-refractivity contribution in [2.75, 3.05) is 13.1 Å². The van der Waals surface area contributed by atoms with Gasteiger partial charge in [-0.25, -0.2) is 18.4 Å². The van der Waals surface area contributed by atoms with Gasteiger partial charge in [-0.3, -0.25) is 9.47 Å². The predicted molar refractivity (Wildman–Crippen MR) is 150 cm³/mol. The lowest BCUT2D eigenvalue weighted by Gasteiger charge is -2.40. The second kappa shape index (κ2) is 10.0. The first kappa shape index (κ1) is 25.3. The van der Waals surface area contributed by atoms with Gasteiger partial charge in [-0.15, -0.1) is 0 Å². The lowest BCUT2D eigenvalue weighted by atomic mass is 9.96. The van der Waals surface area contributed by atoms with Crippen LogP contribution in [-0.4, -0.2) is 56.6 Å². The smallest absolute Gasteiger partial charge is 0.326 e. The van der Waals surface area contributed by atoms with Crippen LogP contribution < -0.4 is 11.0 Å². The average Bonchev–Trinajstić information content (AvgIpc) is 3.40. The number of amides is 2. The van der Waals surface area contributed by atoms with Crippen LogP contribution in [-0.2, 0) is 6.54 Å². The summed E-state index contributed by atoms with van der Waals surface area (Å²) in [5.74, 6) is -0.646. The maximum Gasteiger partial charge on any atom is 0.326 e. The van der Waals surface area contributed by atoms with Crippen LogP contribution in [0.15, 0.2) is 59.4 Å². The molecule has 0 unspecified atom stereocenters. The fourth-order valence-electron chi connectivity index (χ4n) is 7.29. The number of benzene rings is 3. The number of aromatic amines is 1. The highest BCUT2D eigenvalue weighted by atomic mass is 19.1. The number of nitrogens with zero attached hydrogens (tertiary/aromatic N) is 3. The van der Waals surface area contributed by atoms with Crippen LogP contribution in [0.5, 0.6) is 0 Å². The molecule has 3 fully saturated rings. The second-order valence-corrected chi connectivity index (χ2v) is 11.7. The molecule has 3 aliphatic heterocycles. The lowest BCUT2D eigenvalue weighted by molar-refractivity contribution is 0.105. The monoisotopic (exact) mass is 545 g/mol. The van der Waals surface area contributed by atoms with Crippen LogP contribution in [0.25, 0.3) is 21.8 Å². The molecule has 208 valence electrons. The molecular weight excluding hydrogens is 512 g/mol. The summed E-state index contributed by atoms with van der Waals surface area (Å²) in [5, 5.41) is 5.27. The number of H-pyrrole nitrogens is 1. The molecular formula is C31H33F2N5O2. The van der Waals surface area contributed by atoms with Crippen molar-refractivity contribution in [1.82, 2.24) is 24.7 Å². The number of imidazole rings is 1. The number of halogens is 2. The molecule has 0 radical (unpaired) electrons. The van der Waals surface area contributed by atoms with Gasteiger partial charge in [-0.1, -0.05) is 24.3 Å². The van der Waals surface area contributed by atoms with Crippen molar-refractivity contribution in [3.63, 3.8) is 0 Å². The zero-order valence-electron chi connectivity index (χ0n) is 22.3. The molecule has 9 heteroatoms. The van der Waals surface area contributed by atoms with Gasteiger partial charge in [0.25, 0.3) is 0 Å². The standard InChI is InChI=1S/C31H33F2N5O2/c32-22-7-6-20-14-19(4-5-21(20)15-22)18-37-25-8-9-26(37)17-23(16-25)34-30(39)36-12-10-24(11-13-36)38-28-3-1-2-27(33)29(28)35-31(38)40/h1-7,14-15,23-26H,8-13,16-18H2,(H,34,39)(H,35,40)/t25-,26-/m1/s1. The largest absolute Gasteiger partial charge is 0.335 e. The van der Waals surface area contributed by atoms with E-state index in [1.54, 1.807) is 22.8 Å². The van der Waals surface area contributed by atoms with Gasteiger partial charge in [0, 0.05) is 43.8 Å². The first-order valence-electron chi connectivity index (χ1n) is 14.3. The molecule has 7 rings (SSSR count). The SMILES string of the molecule is O=C(NC1C[C@H]2CC[C@H](C1)N2Cc1ccc2cc(F)ccc2c1)N1CCC(n2c(=O)[nH]c3c(F)cccc32)CC1. The number of hydrogen-bond donors (Lipinski definition) is 2. The Hall–Kier alpha value is -3.72. The van der Waals surface area contributed by atoms with Crippen LogP contribution in [0.2, 0.25) is 0 Å². The minimum atomic E-state index is -0.431. The van der Waals surface area contributed by atoms with Crippen molar-refractivity contribution in [3.8, 4) is 0 Å². The minimum absolute atomic E-state index is 0.0321. The third-order valence-electron chi connectivity index (χ3n) is 9.26. The quantitative estimate of drug-likeness (QED) is 0.366. The molecule has 4 heterocycles. The van der Waals surface area contributed by atoms with Crippen LogP contribution in [0, 0.1) is 11.6 Å². The van der Waals surface area contributed by atoms with Gasteiger partial charge in [-0.2, -0.15) is 0 Å². The Morgan fingerprint density at radius 2 is 1.62 bits per heavy atom. The van der Waals surface area contributed by atoms with E-state index < -0.39 is 5.82 Å². The van der Waals surface area contributed by atoms with Crippen molar-refractivity contribution < 1.29 is 13.6 Å². The first-order chi connectivity index (χ1) is 19.4. The number of rotatable bonds is 4. The second-order valence-electron chi connectivity index (χ2n) is 11.7. The number of aromatic nitrogens is 2. The average molecular weight is 546 g/mol. The maximum absolute atomic E-state index is 14.1. The normalized spacial score (nSPS) is 23.8. The third-order valence-corrected chi connectivity index (χ3v) is 9.26. The molecule has 0 saturated carbocycles. The number of hydrogen-bond acceptors (Lipinski definition) is 3. The maximum atomic E-state index is 14.1. The van der Waals surface area contributed by atoms with Gasteiger partial charge in [0.1, 0.15) is 17.2 Å². The fourth-order valence-corrected chi connectivity index (χ4v) is 7.29. The molecule has 3 aromatic carbocycles. The van der Waals surface area contributed by atoms with Gasteiger partial charge in [0.15, 0.2) is 0 Å². The molecule has 4 aromatic rings. The van der Waals surface area contributed by atoms with Gasteiger partial charge < -0.3 is 15.2 Å². The highest BCUT2D eigenvalue weighted by molar-refractivity contribution is 5.83. The van der Waals surface area contributed by atoms with Crippen LogP contribution in [0.1, 0.15) is 50.1 Å². The van der Waals surface area contributed by atoms with Crippen LogP contribution >= 0.6 is 0 Å². The van der Waals surface area contributed by atoms with Crippen molar-refractivity contribution in [3.05, 3.63) is 82.3 Å². The Labute approximate surface area is 230 Å². The van der Waals surface area contributed by atoms with E-state index in [4.69, 9.17) is 0 Å². The summed E-state index contributed by atoms with van der Waals surface area (Å²) in [6, 6.07) is 16.8. The predicted octanol–water partition coefficient (Wildman–Crippen LogP) is 5.30. The van der Waals surface area contributed by atoms with Gasteiger partial charge >= 0.3 is 11.7 Å². The Bertz CT molecular complexity index is 1630. The summed E-state index contributed by atoms with van der Waals surface area (Å²) in [4.78, 5) is 32.8. The highest BCUT2D eigenvalue weighted by Gasteiger charge is 2.41. The number of likely N-dealkylation sites (tertiary alicyclic amines) is 1. The van der Waals surface area contributed by atoms with E-state index in [1.165, 1.54) is 17.7 Å². The molecule has 2 atom stereocenters. The summed E-state index contributed by atoms with van der Waals surface area (Å²) in [5.41, 5.74) is 1.75. The number of nitrogens with one attached hydrogen (secondary N) is 2. The zero-order chi connectivity index (χ0) is 27.4. The number of carbonyl (C=O) groups excluding carboxylic acids is 1. The van der Waals surface area contributed by atoms with Crippen LogP contribution in [0.4, 0.5) is 13.6 Å². The molecule has 40 heavy (non-hydrogen) atoms. The molecule has 1 aromatic heterocycles. The highest BCUT2D eigenvalue weighted by Crippen LogP contribution is 2.37. The molecule has 3 aliphatic rings. The van der Waals surface area contributed by atoms with Crippen molar-refractivity contribution in [2.24, 2.45) is 0 Å². The Morgan fingerprint density at radius 3 is 2.40 bits per heavy atom. The number of carbonyl (C=O) groups is 1. The third kappa shape index (κ3) is 4.56. The van der Waals surface area contributed by atoms with E-state index in [1.807, 2.05) is 17.0 Å². The zero-order valence-corrected chi connectivity index (χ0v) is 22.3. The van der Waals surface area contributed by atoms with E-state index in [0.717, 1.165) is 43.0 Å². The number of piperidine rings is 2. The summed E-state index contributed by atoms with van der Waals surface area (Å²) >= 11 is 0. The van der Waals surface area contributed by atoms with Crippen molar-refractivity contribution in [2.45, 2.75) is 69.2 Å². The molecule has 0 spiro atoms. The van der Waals surface area contributed by atoms with Crippen LogP contribution in [0.3, 0.4) is 0 Å². The van der Waals surface area contributed by atoms with E-state index in [0.29, 0.717) is 43.5 Å². The van der Waals surface area contributed by atoms with E-state index in [9.17, 15) is 18.4 Å². The molecule has 2 N–H and O–H groups in total. The first-order valence-corrected chi connectivity index (χ1v) is 14.3. The lowest BCUT2D eigenvalue weighted by Crippen LogP contribution is -2.53. The number of fused-ring (bicyclic) bond motifs is 4. The molecule has 7 nitrogen and oxygen atoms in total. The van der Waals surface area contributed by atoms with E-state index in [-0.39, 0.29) is 35.1 Å². The molecule has 3 saturated heterocycles. The summed E-state index contributed by atoms with van der Waals surface area (Å²) in [6.45, 7) is 1.99. The summed E-state index contributed by atoms with van der Waals surface area (Å²) in [6.07, 6.45) is 5.46. The molecule has 0 aliphatic carbocycles.